The Balaban J connectivity index is 2.65. The molecule has 0 saturated carbocycles. The highest BCUT2D eigenvalue weighted by Crippen LogP contribution is 2.20. The van der Waals surface area contributed by atoms with Gasteiger partial charge < -0.3 is 36.3 Å². The molecular formula is C8H18N2O5. The van der Waals surface area contributed by atoms with Crippen molar-refractivity contribution >= 4 is 0 Å². The van der Waals surface area contributed by atoms with Crippen molar-refractivity contribution in [3.05, 3.63) is 0 Å². The van der Waals surface area contributed by atoms with E-state index in [2.05, 4.69) is 0 Å². The Morgan fingerprint density at radius 3 is 2.47 bits per heavy atom. The van der Waals surface area contributed by atoms with Crippen molar-refractivity contribution in [3.63, 3.8) is 0 Å². The van der Waals surface area contributed by atoms with Crippen molar-refractivity contribution in [1.29, 1.82) is 0 Å². The summed E-state index contributed by atoms with van der Waals surface area (Å²) in [4.78, 5) is 0. The van der Waals surface area contributed by atoms with Gasteiger partial charge in [-0.3, -0.25) is 0 Å². The van der Waals surface area contributed by atoms with Gasteiger partial charge in [0.2, 0.25) is 0 Å². The van der Waals surface area contributed by atoms with E-state index in [9.17, 15) is 10.2 Å². The summed E-state index contributed by atoms with van der Waals surface area (Å²) in [5.41, 5.74) is 11.0. The molecule has 0 spiro atoms. The number of rotatable bonds is 3. The first-order chi connectivity index (χ1) is 6.97. The Kier molecular flexibility index (Phi) is 4.41. The monoisotopic (exact) mass is 222 g/mol. The largest absolute Gasteiger partial charge is 0.394 e. The molecule has 1 fully saturated rings. The Morgan fingerprint density at radius 2 is 2.00 bits per heavy atom. The SMILES string of the molecule is CC(N)O[C@H]1O[C@H](CO)[C@H](O)[C@H](O)[C@@H]1N. The Bertz CT molecular complexity index is 201. The van der Waals surface area contributed by atoms with E-state index in [-0.39, 0.29) is 0 Å². The van der Waals surface area contributed by atoms with E-state index in [0.717, 1.165) is 0 Å². The molecule has 0 aliphatic carbocycles. The van der Waals surface area contributed by atoms with Gasteiger partial charge in [0.05, 0.1) is 12.6 Å². The zero-order valence-electron chi connectivity index (χ0n) is 8.48. The van der Waals surface area contributed by atoms with Crippen LogP contribution in [0.3, 0.4) is 0 Å². The third-order valence-electron chi connectivity index (χ3n) is 2.28. The average molecular weight is 222 g/mol. The lowest BCUT2D eigenvalue weighted by molar-refractivity contribution is -0.275. The molecule has 0 radical (unpaired) electrons. The smallest absolute Gasteiger partial charge is 0.177 e. The molecule has 0 aromatic carbocycles. The molecule has 1 heterocycles. The van der Waals surface area contributed by atoms with E-state index in [1.807, 2.05) is 0 Å². The fourth-order valence-corrected chi connectivity index (χ4v) is 1.44. The van der Waals surface area contributed by atoms with Crippen molar-refractivity contribution in [2.75, 3.05) is 6.61 Å². The zero-order chi connectivity index (χ0) is 11.6. The topological polar surface area (TPSA) is 131 Å². The Labute approximate surface area is 87.6 Å². The maximum absolute atomic E-state index is 9.54. The van der Waals surface area contributed by atoms with Gasteiger partial charge in [-0.05, 0) is 6.92 Å². The van der Waals surface area contributed by atoms with Gasteiger partial charge in [-0.2, -0.15) is 0 Å². The van der Waals surface area contributed by atoms with Crippen LogP contribution in [0.15, 0.2) is 0 Å². The Morgan fingerprint density at radius 1 is 1.40 bits per heavy atom. The molecule has 1 aliphatic rings. The molecule has 1 unspecified atom stereocenters. The fourth-order valence-electron chi connectivity index (χ4n) is 1.44. The highest BCUT2D eigenvalue weighted by molar-refractivity contribution is 4.91. The number of aliphatic hydroxyl groups excluding tert-OH is 3. The van der Waals surface area contributed by atoms with Crippen LogP contribution >= 0.6 is 0 Å². The van der Waals surface area contributed by atoms with Crippen LogP contribution in [0.25, 0.3) is 0 Å². The summed E-state index contributed by atoms with van der Waals surface area (Å²) in [6.07, 6.45) is -4.88. The third-order valence-corrected chi connectivity index (χ3v) is 2.28. The summed E-state index contributed by atoms with van der Waals surface area (Å²) in [7, 11) is 0. The summed E-state index contributed by atoms with van der Waals surface area (Å²) in [5.74, 6) is 0. The number of nitrogens with two attached hydrogens (primary N) is 2. The van der Waals surface area contributed by atoms with Crippen LogP contribution in [-0.4, -0.2) is 58.8 Å². The quantitative estimate of drug-likeness (QED) is 0.323. The third kappa shape index (κ3) is 2.85. The Hall–Kier alpha value is -0.280. The van der Waals surface area contributed by atoms with Gasteiger partial charge in [0.1, 0.15) is 24.5 Å². The molecule has 1 rings (SSSR count). The second kappa shape index (κ2) is 5.17. The number of hydrogen-bond acceptors (Lipinski definition) is 7. The van der Waals surface area contributed by atoms with Crippen LogP contribution in [0.1, 0.15) is 6.92 Å². The van der Waals surface area contributed by atoms with Crippen LogP contribution in [0.2, 0.25) is 0 Å². The highest BCUT2D eigenvalue weighted by Gasteiger charge is 2.43. The van der Waals surface area contributed by atoms with E-state index in [1.165, 1.54) is 0 Å². The molecule has 1 saturated heterocycles. The van der Waals surface area contributed by atoms with Gasteiger partial charge in [0.15, 0.2) is 6.29 Å². The molecule has 7 heteroatoms. The lowest BCUT2D eigenvalue weighted by atomic mass is 9.98. The van der Waals surface area contributed by atoms with Gasteiger partial charge in [-0.15, -0.1) is 0 Å². The van der Waals surface area contributed by atoms with Crippen LogP contribution in [-0.2, 0) is 9.47 Å². The standard InChI is InChI=1S/C8H18N2O5/c1-3(9)14-8-5(10)7(13)6(12)4(2-11)15-8/h3-8,11-13H,2,9-10H2,1H3/t3?,4-,5+,6+,7-,8+/m1/s1. The van der Waals surface area contributed by atoms with Crippen molar-refractivity contribution in [3.8, 4) is 0 Å². The van der Waals surface area contributed by atoms with E-state index >= 15 is 0 Å². The van der Waals surface area contributed by atoms with Crippen molar-refractivity contribution in [2.24, 2.45) is 11.5 Å². The van der Waals surface area contributed by atoms with E-state index in [1.54, 1.807) is 6.92 Å². The lowest BCUT2D eigenvalue weighted by Crippen LogP contribution is -2.63. The maximum atomic E-state index is 9.54. The predicted octanol–water partition coefficient (Wildman–Crippen LogP) is -2.93. The molecule has 1 aliphatic heterocycles. The molecular weight excluding hydrogens is 204 g/mol. The van der Waals surface area contributed by atoms with Crippen molar-refractivity contribution < 1.29 is 24.8 Å². The molecule has 90 valence electrons. The van der Waals surface area contributed by atoms with Crippen molar-refractivity contribution in [2.45, 2.75) is 43.8 Å². The normalized spacial score (nSPS) is 44.0. The summed E-state index contributed by atoms with van der Waals surface area (Å²) in [6, 6.07) is -0.895. The van der Waals surface area contributed by atoms with E-state index < -0.39 is 43.5 Å². The predicted molar refractivity (Wildman–Crippen MR) is 50.5 cm³/mol. The first kappa shape index (κ1) is 12.8. The average Bonchev–Trinajstić information content (AvgIpc) is 2.18. The zero-order valence-corrected chi connectivity index (χ0v) is 8.48. The maximum Gasteiger partial charge on any atom is 0.177 e. The first-order valence-corrected chi connectivity index (χ1v) is 4.76. The van der Waals surface area contributed by atoms with Gasteiger partial charge >= 0.3 is 0 Å². The van der Waals surface area contributed by atoms with Gasteiger partial charge in [-0.1, -0.05) is 0 Å². The highest BCUT2D eigenvalue weighted by atomic mass is 16.7. The molecule has 0 aromatic rings. The minimum Gasteiger partial charge on any atom is -0.394 e. The lowest BCUT2D eigenvalue weighted by Gasteiger charge is -2.40. The number of aliphatic hydroxyl groups is 3. The van der Waals surface area contributed by atoms with Crippen molar-refractivity contribution in [1.82, 2.24) is 0 Å². The molecule has 0 aromatic heterocycles. The van der Waals surface area contributed by atoms with E-state index in [4.69, 9.17) is 26.0 Å². The summed E-state index contributed by atoms with van der Waals surface area (Å²) < 4.78 is 10.3. The molecule has 0 amide bonds. The second-order valence-corrected chi connectivity index (χ2v) is 3.63. The number of ether oxygens (including phenoxy) is 2. The second-order valence-electron chi connectivity index (χ2n) is 3.63. The van der Waals surface area contributed by atoms with Crippen LogP contribution in [0.4, 0.5) is 0 Å². The summed E-state index contributed by atoms with van der Waals surface area (Å²) in [6.45, 7) is 1.16. The van der Waals surface area contributed by atoms with Crippen LogP contribution in [0.5, 0.6) is 0 Å². The molecule has 6 atom stereocenters. The first-order valence-electron chi connectivity index (χ1n) is 4.76. The summed E-state index contributed by atoms with van der Waals surface area (Å²) in [5, 5.41) is 27.9. The molecule has 7 nitrogen and oxygen atoms in total. The molecule has 15 heavy (non-hydrogen) atoms. The molecule has 7 N–H and O–H groups in total. The minimum atomic E-state index is -1.22. The minimum absolute atomic E-state index is 0.427. The van der Waals surface area contributed by atoms with Gasteiger partial charge in [-0.25, -0.2) is 0 Å². The van der Waals surface area contributed by atoms with E-state index in [0.29, 0.717) is 0 Å². The van der Waals surface area contributed by atoms with Gasteiger partial charge in [0.25, 0.3) is 0 Å². The van der Waals surface area contributed by atoms with Crippen LogP contribution in [0, 0.1) is 0 Å². The fraction of sp³-hybridized carbons (Fsp3) is 1.00. The van der Waals surface area contributed by atoms with Crippen LogP contribution < -0.4 is 11.5 Å². The summed E-state index contributed by atoms with van der Waals surface area (Å²) >= 11 is 0. The van der Waals surface area contributed by atoms with Gasteiger partial charge in [0, 0.05) is 0 Å². The number of hydrogen-bond donors (Lipinski definition) is 5. The molecule has 0 bridgehead atoms.